The van der Waals surface area contributed by atoms with Gasteiger partial charge in [0.2, 0.25) is 5.91 Å². The average Bonchev–Trinajstić information content (AvgIpc) is 3.17. The zero-order valence-corrected chi connectivity index (χ0v) is 19.8. The van der Waals surface area contributed by atoms with E-state index in [1.165, 1.54) is 23.1 Å². The van der Waals surface area contributed by atoms with Crippen molar-refractivity contribution in [3.63, 3.8) is 0 Å². The highest BCUT2D eigenvalue weighted by Crippen LogP contribution is 2.34. The summed E-state index contributed by atoms with van der Waals surface area (Å²) in [6.45, 7) is 3.48. The number of benzene rings is 1. The van der Waals surface area contributed by atoms with Crippen LogP contribution in [-0.4, -0.2) is 65.7 Å². The molecule has 0 spiro atoms. The van der Waals surface area contributed by atoms with E-state index in [0.717, 1.165) is 22.3 Å². The predicted molar refractivity (Wildman–Crippen MR) is 128 cm³/mol. The third-order valence-corrected chi connectivity index (χ3v) is 6.14. The highest BCUT2D eigenvalue weighted by molar-refractivity contribution is 8.00. The lowest BCUT2D eigenvalue weighted by molar-refractivity contribution is -0.127. The van der Waals surface area contributed by atoms with Crippen LogP contribution in [-0.2, 0) is 4.79 Å². The number of likely N-dealkylation sites (N-methyl/N-ethyl adjacent to an activating group) is 2. The molecule has 7 nitrogen and oxygen atoms in total. The number of para-hydroxylation sites is 1. The van der Waals surface area contributed by atoms with Crippen molar-refractivity contribution in [3.8, 4) is 11.5 Å². The van der Waals surface area contributed by atoms with Crippen molar-refractivity contribution in [1.82, 2.24) is 19.8 Å². The molecule has 2 aromatic heterocycles. The summed E-state index contributed by atoms with van der Waals surface area (Å²) >= 11 is 2.96. The van der Waals surface area contributed by atoms with Gasteiger partial charge in [0.05, 0.1) is 11.4 Å². The zero-order valence-electron chi connectivity index (χ0n) is 18.2. The molecule has 0 bridgehead atoms. The van der Waals surface area contributed by atoms with Crippen molar-refractivity contribution >= 4 is 40.0 Å². The molecule has 164 valence electrons. The Labute approximate surface area is 191 Å². The molecule has 0 saturated heterocycles. The lowest BCUT2D eigenvalue weighted by Crippen LogP contribution is -2.34. The van der Waals surface area contributed by atoms with E-state index in [1.807, 2.05) is 69.8 Å². The Morgan fingerprint density at radius 1 is 1.19 bits per heavy atom. The molecule has 1 amide bonds. The van der Waals surface area contributed by atoms with Crippen LogP contribution in [0.1, 0.15) is 5.69 Å². The number of carbonyl (C=O) groups excluding carboxylic acids is 1. The van der Waals surface area contributed by atoms with Crippen molar-refractivity contribution in [2.75, 3.05) is 45.3 Å². The summed E-state index contributed by atoms with van der Waals surface area (Å²) in [4.78, 5) is 26.1. The number of anilines is 2. The molecule has 31 heavy (non-hydrogen) atoms. The Kier molecular flexibility index (Phi) is 8.27. The number of ether oxygens (including phenoxy) is 1. The van der Waals surface area contributed by atoms with Gasteiger partial charge in [-0.15, -0.1) is 23.1 Å². The molecule has 2 heterocycles. The van der Waals surface area contributed by atoms with Crippen LogP contribution in [0.15, 0.2) is 52.9 Å². The molecule has 1 N–H and O–H groups in total. The molecule has 0 saturated carbocycles. The predicted octanol–water partition coefficient (Wildman–Crippen LogP) is 4.49. The largest absolute Gasteiger partial charge is 0.453 e. The van der Waals surface area contributed by atoms with E-state index in [-0.39, 0.29) is 5.91 Å². The highest BCUT2D eigenvalue weighted by atomic mass is 32.2. The number of nitrogens with zero attached hydrogens (tertiary/aromatic N) is 4. The molecule has 1 aromatic carbocycles. The maximum absolute atomic E-state index is 12.4. The van der Waals surface area contributed by atoms with Gasteiger partial charge in [-0.1, -0.05) is 18.2 Å². The smallest absolute Gasteiger partial charge is 0.232 e. The Bertz CT molecular complexity index is 995. The summed E-state index contributed by atoms with van der Waals surface area (Å²) in [5.41, 5.74) is 0.946. The normalized spacial score (nSPS) is 10.9. The Morgan fingerprint density at radius 3 is 2.65 bits per heavy atom. The molecular formula is C22H27N5O2S2. The van der Waals surface area contributed by atoms with E-state index in [4.69, 9.17) is 4.74 Å². The Balaban J connectivity index is 1.72. The second-order valence-electron chi connectivity index (χ2n) is 7.26. The molecule has 3 rings (SSSR count). The number of nitrogens with one attached hydrogen (secondary N) is 1. The number of thioether (sulfide) groups is 1. The molecule has 0 fully saturated rings. The van der Waals surface area contributed by atoms with Crippen LogP contribution < -0.4 is 10.1 Å². The summed E-state index contributed by atoms with van der Waals surface area (Å²) in [6, 6.07) is 11.5. The minimum absolute atomic E-state index is 0.0813. The summed E-state index contributed by atoms with van der Waals surface area (Å²) in [6.07, 6.45) is 1.75. The fourth-order valence-corrected chi connectivity index (χ4v) is 4.05. The maximum Gasteiger partial charge on any atom is 0.232 e. The monoisotopic (exact) mass is 457 g/mol. The summed E-state index contributed by atoms with van der Waals surface area (Å²) < 4.78 is 6.09. The van der Waals surface area contributed by atoms with Crippen LogP contribution >= 0.6 is 23.1 Å². The molecule has 9 heteroatoms. The number of aromatic nitrogens is 2. The molecule has 0 radical (unpaired) electrons. The van der Waals surface area contributed by atoms with Gasteiger partial charge in [-0.25, -0.2) is 9.97 Å². The maximum atomic E-state index is 12.4. The lowest BCUT2D eigenvalue weighted by atomic mass is 10.3. The van der Waals surface area contributed by atoms with Crippen LogP contribution in [0.3, 0.4) is 0 Å². The number of hydrogen-bond donors (Lipinski definition) is 1. The topological polar surface area (TPSA) is 70.6 Å². The van der Waals surface area contributed by atoms with Crippen molar-refractivity contribution in [3.05, 3.63) is 53.7 Å². The quantitative estimate of drug-likeness (QED) is 0.450. The third-order valence-electron chi connectivity index (χ3n) is 4.31. The highest BCUT2D eigenvalue weighted by Gasteiger charge is 2.14. The van der Waals surface area contributed by atoms with Crippen molar-refractivity contribution in [1.29, 1.82) is 0 Å². The molecule has 0 aliphatic rings. The average molecular weight is 458 g/mol. The number of aryl methyl sites for hydroxylation is 1. The molecule has 0 unspecified atom stereocenters. The van der Waals surface area contributed by atoms with E-state index >= 15 is 0 Å². The van der Waals surface area contributed by atoms with Crippen LogP contribution in [0.25, 0.3) is 0 Å². The number of amides is 1. The van der Waals surface area contributed by atoms with Gasteiger partial charge in [0, 0.05) is 36.6 Å². The minimum Gasteiger partial charge on any atom is -0.453 e. The van der Waals surface area contributed by atoms with Gasteiger partial charge >= 0.3 is 0 Å². The van der Waals surface area contributed by atoms with Crippen molar-refractivity contribution in [2.24, 2.45) is 0 Å². The van der Waals surface area contributed by atoms with Gasteiger partial charge in [0.15, 0.2) is 16.7 Å². The first-order valence-electron chi connectivity index (χ1n) is 9.84. The van der Waals surface area contributed by atoms with Gasteiger partial charge in [-0.2, -0.15) is 0 Å². The molecular weight excluding hydrogens is 430 g/mol. The Hall–Kier alpha value is -2.62. The van der Waals surface area contributed by atoms with Gasteiger partial charge in [-0.05, 0) is 39.2 Å². The number of hydrogen-bond acceptors (Lipinski definition) is 8. The third kappa shape index (κ3) is 7.23. The van der Waals surface area contributed by atoms with E-state index in [0.29, 0.717) is 29.6 Å². The van der Waals surface area contributed by atoms with Crippen LogP contribution in [0.5, 0.6) is 11.5 Å². The first kappa shape index (κ1) is 23.1. The fraction of sp³-hybridized carbons (Fsp3) is 0.318. The standard InChI is InChI=1S/C22H27N5O2S2/c1-16-14-31-22(24-16)25-21-19(29-17-8-6-5-7-9-17)12-18(13-23-21)30-15-20(28)27(4)11-10-26(2)3/h5-9,12-14H,10-11,15H2,1-4H3,(H,23,24,25). The first-order valence-corrected chi connectivity index (χ1v) is 11.7. The molecule has 0 aliphatic carbocycles. The van der Waals surface area contributed by atoms with E-state index in [1.54, 1.807) is 11.1 Å². The number of thiazole rings is 1. The minimum atomic E-state index is 0.0813. The van der Waals surface area contributed by atoms with E-state index in [2.05, 4.69) is 20.2 Å². The number of rotatable bonds is 10. The van der Waals surface area contributed by atoms with Gasteiger partial charge < -0.3 is 19.9 Å². The van der Waals surface area contributed by atoms with Gasteiger partial charge in [0.25, 0.3) is 0 Å². The second-order valence-corrected chi connectivity index (χ2v) is 9.17. The van der Waals surface area contributed by atoms with Crippen LogP contribution in [0.4, 0.5) is 10.9 Å². The lowest BCUT2D eigenvalue weighted by Gasteiger charge is -2.19. The summed E-state index contributed by atoms with van der Waals surface area (Å²) in [5, 5.41) is 5.96. The fourth-order valence-electron chi connectivity index (χ4n) is 2.54. The van der Waals surface area contributed by atoms with Gasteiger partial charge in [0.1, 0.15) is 5.75 Å². The van der Waals surface area contributed by atoms with Gasteiger partial charge in [-0.3, -0.25) is 4.79 Å². The molecule has 0 aliphatic heterocycles. The summed E-state index contributed by atoms with van der Waals surface area (Å²) in [7, 11) is 5.82. The van der Waals surface area contributed by atoms with Crippen molar-refractivity contribution in [2.45, 2.75) is 11.8 Å². The van der Waals surface area contributed by atoms with Crippen LogP contribution in [0.2, 0.25) is 0 Å². The summed E-state index contributed by atoms with van der Waals surface area (Å²) in [5.74, 6) is 2.30. The number of carbonyl (C=O) groups is 1. The van der Waals surface area contributed by atoms with E-state index in [9.17, 15) is 4.79 Å². The SMILES string of the molecule is Cc1csc(Nc2ncc(SCC(=O)N(C)CCN(C)C)cc2Oc2ccccc2)n1. The van der Waals surface area contributed by atoms with E-state index < -0.39 is 0 Å². The van der Waals surface area contributed by atoms with Crippen LogP contribution in [0, 0.1) is 6.92 Å². The second kappa shape index (κ2) is 11.1. The Morgan fingerprint density at radius 2 is 1.97 bits per heavy atom. The zero-order chi connectivity index (χ0) is 22.2. The molecule has 3 aromatic rings. The number of pyridine rings is 1. The molecule has 0 atom stereocenters. The van der Waals surface area contributed by atoms with Crippen molar-refractivity contribution < 1.29 is 9.53 Å². The first-order chi connectivity index (χ1) is 14.9.